The molecule has 2 N–H and O–H groups in total. The van der Waals surface area contributed by atoms with E-state index >= 15 is 0 Å². The van der Waals surface area contributed by atoms with Gasteiger partial charge in [0.25, 0.3) is 0 Å². The van der Waals surface area contributed by atoms with Gasteiger partial charge in [0.15, 0.2) is 0 Å². The predicted octanol–water partition coefficient (Wildman–Crippen LogP) is 0.794. The van der Waals surface area contributed by atoms with Gasteiger partial charge < -0.3 is 10.6 Å². The van der Waals surface area contributed by atoms with Crippen LogP contribution in [0.25, 0.3) is 0 Å². The summed E-state index contributed by atoms with van der Waals surface area (Å²) in [6.07, 6.45) is 2.33. The largest absolute Gasteiger partial charge is 0.352 e. The Morgan fingerprint density at radius 2 is 2.47 bits per heavy atom. The van der Waals surface area contributed by atoms with Gasteiger partial charge in [-0.25, -0.2) is 0 Å². The van der Waals surface area contributed by atoms with Gasteiger partial charge in [-0.15, -0.1) is 0 Å². The Morgan fingerprint density at radius 3 is 3.00 bits per heavy atom. The highest BCUT2D eigenvalue weighted by atomic mass is 16.2. The SMILES string of the molecule is CC(CC#N)NC(=O)C1(C)CCCNC1. The highest BCUT2D eigenvalue weighted by Crippen LogP contribution is 2.25. The Bertz CT molecular complexity index is 263. The van der Waals surface area contributed by atoms with Crippen molar-refractivity contribution in [3.8, 4) is 6.07 Å². The summed E-state index contributed by atoms with van der Waals surface area (Å²) in [6, 6.07) is 2.00. The monoisotopic (exact) mass is 209 g/mol. The number of nitriles is 1. The zero-order valence-corrected chi connectivity index (χ0v) is 9.47. The van der Waals surface area contributed by atoms with Gasteiger partial charge in [-0.05, 0) is 33.2 Å². The molecule has 84 valence electrons. The van der Waals surface area contributed by atoms with Crippen LogP contribution in [0.15, 0.2) is 0 Å². The quantitative estimate of drug-likeness (QED) is 0.722. The minimum Gasteiger partial charge on any atom is -0.352 e. The fourth-order valence-electron chi connectivity index (χ4n) is 1.84. The molecule has 4 nitrogen and oxygen atoms in total. The van der Waals surface area contributed by atoms with Crippen LogP contribution in [0.1, 0.15) is 33.1 Å². The summed E-state index contributed by atoms with van der Waals surface area (Å²) in [5.41, 5.74) is -0.304. The molecule has 4 heteroatoms. The molecule has 1 aliphatic rings. The van der Waals surface area contributed by atoms with Crippen LogP contribution >= 0.6 is 0 Å². The summed E-state index contributed by atoms with van der Waals surface area (Å²) >= 11 is 0. The number of nitrogens with one attached hydrogen (secondary N) is 2. The van der Waals surface area contributed by atoms with Crippen molar-refractivity contribution in [3.05, 3.63) is 0 Å². The summed E-state index contributed by atoms with van der Waals surface area (Å²) in [6.45, 7) is 5.57. The van der Waals surface area contributed by atoms with Gasteiger partial charge in [0, 0.05) is 12.6 Å². The summed E-state index contributed by atoms with van der Waals surface area (Å²) in [7, 11) is 0. The number of nitrogens with zero attached hydrogens (tertiary/aromatic N) is 1. The maximum absolute atomic E-state index is 11.9. The minimum absolute atomic E-state index is 0.0544. The second-order valence-corrected chi connectivity index (χ2v) is 4.58. The molecule has 0 radical (unpaired) electrons. The molecule has 0 aromatic rings. The third kappa shape index (κ3) is 3.21. The number of rotatable bonds is 3. The third-order valence-corrected chi connectivity index (χ3v) is 2.92. The normalized spacial score (nSPS) is 27.8. The fourth-order valence-corrected chi connectivity index (χ4v) is 1.84. The summed E-state index contributed by atoms with van der Waals surface area (Å²) in [4.78, 5) is 11.9. The molecule has 0 spiro atoms. The lowest BCUT2D eigenvalue weighted by molar-refractivity contribution is -0.131. The van der Waals surface area contributed by atoms with E-state index in [9.17, 15) is 4.79 Å². The van der Waals surface area contributed by atoms with Gasteiger partial charge >= 0.3 is 0 Å². The van der Waals surface area contributed by atoms with Crippen molar-refractivity contribution in [1.29, 1.82) is 5.26 Å². The fraction of sp³-hybridized carbons (Fsp3) is 0.818. The van der Waals surface area contributed by atoms with E-state index in [1.54, 1.807) is 0 Å². The van der Waals surface area contributed by atoms with E-state index in [-0.39, 0.29) is 17.4 Å². The van der Waals surface area contributed by atoms with Gasteiger partial charge in [0.05, 0.1) is 17.9 Å². The average molecular weight is 209 g/mol. The molecule has 1 heterocycles. The number of hydrogen-bond donors (Lipinski definition) is 2. The van der Waals surface area contributed by atoms with Crippen LogP contribution in [0.2, 0.25) is 0 Å². The lowest BCUT2D eigenvalue weighted by atomic mass is 9.81. The molecular formula is C11H19N3O. The van der Waals surface area contributed by atoms with E-state index in [2.05, 4.69) is 16.7 Å². The molecule has 0 saturated carbocycles. The zero-order valence-electron chi connectivity index (χ0n) is 9.47. The third-order valence-electron chi connectivity index (χ3n) is 2.92. The van der Waals surface area contributed by atoms with Crippen LogP contribution in [0.4, 0.5) is 0 Å². The van der Waals surface area contributed by atoms with Crippen molar-refractivity contribution in [2.45, 2.75) is 39.2 Å². The lowest BCUT2D eigenvalue weighted by Gasteiger charge is -2.33. The van der Waals surface area contributed by atoms with Crippen LogP contribution in [-0.4, -0.2) is 25.0 Å². The molecule has 1 fully saturated rings. The van der Waals surface area contributed by atoms with Gasteiger partial charge in [-0.1, -0.05) is 0 Å². The second kappa shape index (κ2) is 5.13. The number of carbonyl (C=O) groups excluding carboxylic acids is 1. The maximum Gasteiger partial charge on any atom is 0.227 e. The van der Waals surface area contributed by atoms with Crippen LogP contribution in [-0.2, 0) is 4.79 Å². The summed E-state index contributed by atoms with van der Waals surface area (Å²) < 4.78 is 0. The van der Waals surface area contributed by atoms with Crippen molar-refractivity contribution < 1.29 is 4.79 Å². The molecule has 0 aromatic carbocycles. The molecular weight excluding hydrogens is 190 g/mol. The highest BCUT2D eigenvalue weighted by molar-refractivity contribution is 5.82. The van der Waals surface area contributed by atoms with Gasteiger partial charge in [0.1, 0.15) is 0 Å². The first kappa shape index (κ1) is 12.0. The zero-order chi connectivity index (χ0) is 11.3. The Balaban J connectivity index is 2.48. The van der Waals surface area contributed by atoms with E-state index < -0.39 is 0 Å². The van der Waals surface area contributed by atoms with Crippen LogP contribution < -0.4 is 10.6 Å². The first-order valence-corrected chi connectivity index (χ1v) is 5.47. The molecule has 0 aliphatic carbocycles. The molecule has 0 aromatic heterocycles. The summed E-state index contributed by atoms with van der Waals surface area (Å²) in [5.74, 6) is 0.0671. The Labute approximate surface area is 91.0 Å². The highest BCUT2D eigenvalue weighted by Gasteiger charge is 2.34. The molecule has 2 unspecified atom stereocenters. The predicted molar refractivity (Wildman–Crippen MR) is 58.0 cm³/mol. The smallest absolute Gasteiger partial charge is 0.227 e. The van der Waals surface area contributed by atoms with Crippen molar-refractivity contribution in [1.82, 2.24) is 10.6 Å². The first-order chi connectivity index (χ1) is 7.08. The summed E-state index contributed by atoms with van der Waals surface area (Å²) in [5, 5.41) is 14.6. The van der Waals surface area contributed by atoms with E-state index in [1.165, 1.54) is 0 Å². The Hall–Kier alpha value is -1.08. The molecule has 1 rings (SSSR count). The Morgan fingerprint density at radius 1 is 1.73 bits per heavy atom. The standard InChI is InChI=1S/C11H19N3O/c1-9(4-6-12)14-10(15)11(2)5-3-7-13-8-11/h9,13H,3-5,7-8H2,1-2H3,(H,14,15). The van der Waals surface area contributed by atoms with E-state index in [4.69, 9.17) is 5.26 Å². The van der Waals surface area contributed by atoms with Gasteiger partial charge in [-0.3, -0.25) is 4.79 Å². The van der Waals surface area contributed by atoms with Crippen molar-refractivity contribution >= 4 is 5.91 Å². The first-order valence-electron chi connectivity index (χ1n) is 5.47. The minimum atomic E-state index is -0.304. The number of amides is 1. The van der Waals surface area contributed by atoms with Crippen LogP contribution in [0.5, 0.6) is 0 Å². The molecule has 1 amide bonds. The van der Waals surface area contributed by atoms with E-state index in [0.29, 0.717) is 6.42 Å². The van der Waals surface area contributed by atoms with Crippen molar-refractivity contribution in [2.24, 2.45) is 5.41 Å². The number of carbonyl (C=O) groups is 1. The second-order valence-electron chi connectivity index (χ2n) is 4.58. The lowest BCUT2D eigenvalue weighted by Crippen LogP contribution is -2.50. The average Bonchev–Trinajstić information content (AvgIpc) is 2.19. The number of hydrogen-bond acceptors (Lipinski definition) is 3. The van der Waals surface area contributed by atoms with Crippen molar-refractivity contribution in [3.63, 3.8) is 0 Å². The van der Waals surface area contributed by atoms with Gasteiger partial charge in [0.2, 0.25) is 5.91 Å². The molecule has 15 heavy (non-hydrogen) atoms. The maximum atomic E-state index is 11.9. The Kier molecular flexibility index (Phi) is 4.10. The topological polar surface area (TPSA) is 64.9 Å². The van der Waals surface area contributed by atoms with Crippen LogP contribution in [0.3, 0.4) is 0 Å². The molecule has 1 aliphatic heterocycles. The van der Waals surface area contributed by atoms with Gasteiger partial charge in [-0.2, -0.15) is 5.26 Å². The van der Waals surface area contributed by atoms with E-state index in [1.807, 2.05) is 13.8 Å². The van der Waals surface area contributed by atoms with Crippen molar-refractivity contribution in [2.75, 3.05) is 13.1 Å². The molecule has 2 atom stereocenters. The number of piperidine rings is 1. The molecule has 1 saturated heterocycles. The van der Waals surface area contributed by atoms with E-state index in [0.717, 1.165) is 25.9 Å². The van der Waals surface area contributed by atoms with Crippen LogP contribution in [0, 0.1) is 16.7 Å². The molecule has 0 bridgehead atoms.